The summed E-state index contributed by atoms with van der Waals surface area (Å²) in [5.41, 5.74) is 19.3. The van der Waals surface area contributed by atoms with E-state index in [0.29, 0.717) is 6.42 Å². The van der Waals surface area contributed by atoms with E-state index in [0.717, 1.165) is 22.0 Å². The normalized spacial score (nSPS) is 13.0. The lowest BCUT2D eigenvalue weighted by atomic mass is 10.0. The SMILES string of the molecule is NC(N)=NCCCC(NC(=O)CNC(=O)C(Cc1ccccc1)NC(=O)C(N)Cc1c[nH]c2ccccc12)C(=O)O. The van der Waals surface area contributed by atoms with Gasteiger partial charge in [-0.15, -0.1) is 0 Å². The summed E-state index contributed by atoms with van der Waals surface area (Å²) in [5.74, 6) is -3.18. The van der Waals surface area contributed by atoms with Crippen molar-refractivity contribution in [2.24, 2.45) is 22.2 Å². The molecule has 1 heterocycles. The number of nitrogens with zero attached hydrogens (tertiary/aromatic N) is 1. The van der Waals surface area contributed by atoms with Crippen LogP contribution in [-0.2, 0) is 32.0 Å². The van der Waals surface area contributed by atoms with Gasteiger partial charge < -0.3 is 43.2 Å². The second kappa shape index (κ2) is 15.0. The quantitative estimate of drug-likeness (QED) is 0.0680. The average molecular weight is 565 g/mol. The Morgan fingerprint density at radius 2 is 1.61 bits per heavy atom. The number of aromatic amines is 1. The van der Waals surface area contributed by atoms with E-state index < -0.39 is 48.4 Å². The average Bonchev–Trinajstić information content (AvgIpc) is 3.35. The van der Waals surface area contributed by atoms with Gasteiger partial charge in [0.05, 0.1) is 12.6 Å². The van der Waals surface area contributed by atoms with Crippen LogP contribution in [0.15, 0.2) is 65.8 Å². The van der Waals surface area contributed by atoms with Gasteiger partial charge in [0.1, 0.15) is 12.1 Å². The number of carbonyl (C=O) groups is 4. The molecule has 3 unspecified atom stereocenters. The highest BCUT2D eigenvalue weighted by Crippen LogP contribution is 2.19. The summed E-state index contributed by atoms with van der Waals surface area (Å²) >= 11 is 0. The lowest BCUT2D eigenvalue weighted by Gasteiger charge is -2.21. The number of nitrogens with two attached hydrogens (primary N) is 3. The molecule has 3 rings (SSSR count). The Labute approximate surface area is 236 Å². The van der Waals surface area contributed by atoms with E-state index in [9.17, 15) is 24.3 Å². The van der Waals surface area contributed by atoms with Gasteiger partial charge in [0.2, 0.25) is 17.7 Å². The van der Waals surface area contributed by atoms with Gasteiger partial charge in [0, 0.05) is 30.1 Å². The van der Waals surface area contributed by atoms with Crippen LogP contribution >= 0.6 is 0 Å². The molecule has 0 bridgehead atoms. The predicted molar refractivity (Wildman–Crippen MR) is 155 cm³/mol. The number of aliphatic imine (C=N–C) groups is 1. The number of nitrogens with one attached hydrogen (secondary N) is 4. The molecule has 218 valence electrons. The van der Waals surface area contributed by atoms with Gasteiger partial charge in [0.15, 0.2) is 5.96 Å². The van der Waals surface area contributed by atoms with Crippen LogP contribution in [0.4, 0.5) is 0 Å². The standard InChI is InChI=1S/C28H36N8O5/c29-20(14-18-15-33-21-10-5-4-9-19(18)21)25(38)36-23(13-17-7-2-1-3-8-17)26(39)34-16-24(37)35-22(27(40)41)11-6-12-32-28(30)31/h1-5,7-10,15,20,22-23,33H,6,11-14,16,29H2,(H,34,39)(H,35,37)(H,36,38)(H,40,41)(H4,30,31,32). The molecule has 3 amide bonds. The first kappa shape index (κ1) is 30.6. The third-order valence-corrected chi connectivity index (χ3v) is 6.37. The second-order valence-electron chi connectivity index (χ2n) is 9.55. The molecule has 13 nitrogen and oxygen atoms in total. The number of para-hydroxylation sites is 1. The van der Waals surface area contributed by atoms with Crippen molar-refractivity contribution in [3.63, 3.8) is 0 Å². The first-order valence-electron chi connectivity index (χ1n) is 13.1. The maximum atomic E-state index is 13.1. The fraction of sp³-hybridized carbons (Fsp3) is 0.321. The summed E-state index contributed by atoms with van der Waals surface area (Å²) in [5, 5.41) is 17.9. The predicted octanol–water partition coefficient (Wildman–Crippen LogP) is -0.496. The van der Waals surface area contributed by atoms with Gasteiger partial charge in [-0.1, -0.05) is 48.5 Å². The zero-order chi connectivity index (χ0) is 29.8. The molecule has 2 aromatic carbocycles. The highest BCUT2D eigenvalue weighted by molar-refractivity contribution is 5.93. The second-order valence-corrected chi connectivity index (χ2v) is 9.55. The van der Waals surface area contributed by atoms with Crippen LogP contribution in [0, 0.1) is 0 Å². The molecule has 1 aromatic heterocycles. The summed E-state index contributed by atoms with van der Waals surface area (Å²) in [7, 11) is 0. The van der Waals surface area contributed by atoms with Crippen molar-refractivity contribution in [3.05, 3.63) is 71.9 Å². The Bertz CT molecular complexity index is 1370. The van der Waals surface area contributed by atoms with E-state index in [1.807, 2.05) is 54.6 Å². The van der Waals surface area contributed by atoms with Crippen molar-refractivity contribution in [3.8, 4) is 0 Å². The van der Waals surface area contributed by atoms with Crippen LogP contribution in [0.25, 0.3) is 10.9 Å². The molecule has 3 aromatic rings. The van der Waals surface area contributed by atoms with Crippen molar-refractivity contribution in [1.82, 2.24) is 20.9 Å². The lowest BCUT2D eigenvalue weighted by Crippen LogP contribution is -2.54. The number of hydrogen-bond donors (Lipinski definition) is 8. The van der Waals surface area contributed by atoms with Crippen molar-refractivity contribution in [1.29, 1.82) is 0 Å². The molecule has 0 radical (unpaired) electrons. The number of aromatic nitrogens is 1. The zero-order valence-electron chi connectivity index (χ0n) is 22.5. The maximum Gasteiger partial charge on any atom is 0.326 e. The van der Waals surface area contributed by atoms with Gasteiger partial charge in [0.25, 0.3) is 0 Å². The lowest BCUT2D eigenvalue weighted by molar-refractivity contribution is -0.142. The van der Waals surface area contributed by atoms with E-state index in [1.54, 1.807) is 6.20 Å². The molecule has 0 saturated heterocycles. The zero-order valence-corrected chi connectivity index (χ0v) is 22.5. The maximum absolute atomic E-state index is 13.1. The van der Waals surface area contributed by atoms with E-state index in [1.165, 1.54) is 0 Å². The highest BCUT2D eigenvalue weighted by Gasteiger charge is 2.26. The van der Waals surface area contributed by atoms with Crippen molar-refractivity contribution >= 4 is 40.6 Å². The third-order valence-electron chi connectivity index (χ3n) is 6.37. The van der Waals surface area contributed by atoms with Crippen molar-refractivity contribution < 1.29 is 24.3 Å². The van der Waals surface area contributed by atoms with Gasteiger partial charge in [-0.25, -0.2) is 4.79 Å². The summed E-state index contributed by atoms with van der Waals surface area (Å²) < 4.78 is 0. The number of benzene rings is 2. The number of guanidine groups is 1. The smallest absolute Gasteiger partial charge is 0.326 e. The molecule has 0 aliphatic carbocycles. The Balaban J connectivity index is 1.60. The first-order chi connectivity index (χ1) is 19.6. The number of amides is 3. The Morgan fingerprint density at radius 3 is 2.32 bits per heavy atom. The van der Waals surface area contributed by atoms with E-state index in [4.69, 9.17) is 17.2 Å². The highest BCUT2D eigenvalue weighted by atomic mass is 16.4. The summed E-state index contributed by atoms with van der Waals surface area (Å²) in [4.78, 5) is 57.0. The summed E-state index contributed by atoms with van der Waals surface area (Å²) in [6.07, 6.45) is 2.62. The van der Waals surface area contributed by atoms with Gasteiger partial charge >= 0.3 is 5.97 Å². The molecule has 0 aliphatic rings. The monoisotopic (exact) mass is 564 g/mol. The minimum absolute atomic E-state index is 0.0901. The Kier molecular flexibility index (Phi) is 11.2. The third kappa shape index (κ3) is 9.65. The van der Waals surface area contributed by atoms with Crippen LogP contribution in [0.3, 0.4) is 0 Å². The van der Waals surface area contributed by atoms with E-state index in [2.05, 4.69) is 25.9 Å². The Morgan fingerprint density at radius 1 is 0.902 bits per heavy atom. The fourth-order valence-electron chi connectivity index (χ4n) is 4.26. The van der Waals surface area contributed by atoms with Gasteiger partial charge in [-0.05, 0) is 36.5 Å². The largest absolute Gasteiger partial charge is 0.480 e. The van der Waals surface area contributed by atoms with Gasteiger partial charge in [-0.3, -0.25) is 19.4 Å². The van der Waals surface area contributed by atoms with Crippen LogP contribution in [0.1, 0.15) is 24.0 Å². The first-order valence-corrected chi connectivity index (χ1v) is 13.1. The molecule has 0 fully saturated rings. The molecule has 3 atom stereocenters. The van der Waals surface area contributed by atoms with E-state index in [-0.39, 0.29) is 31.8 Å². The number of fused-ring (bicyclic) bond motifs is 1. The summed E-state index contributed by atoms with van der Waals surface area (Å²) in [6.45, 7) is -0.277. The van der Waals surface area contributed by atoms with Crippen molar-refractivity contribution in [2.75, 3.05) is 13.1 Å². The van der Waals surface area contributed by atoms with Crippen molar-refractivity contribution in [2.45, 2.75) is 43.8 Å². The molecular weight excluding hydrogens is 528 g/mol. The van der Waals surface area contributed by atoms with Crippen LogP contribution in [-0.4, -0.2) is 71.0 Å². The molecule has 13 heteroatoms. The molecule has 0 saturated carbocycles. The minimum atomic E-state index is -1.23. The topological polar surface area (TPSA) is 231 Å². The fourth-order valence-corrected chi connectivity index (χ4v) is 4.26. The minimum Gasteiger partial charge on any atom is -0.480 e. The number of rotatable bonds is 15. The Hall–Kier alpha value is -4.91. The number of aliphatic carboxylic acids is 1. The summed E-state index contributed by atoms with van der Waals surface area (Å²) in [6, 6.07) is 13.6. The molecule has 0 spiro atoms. The number of hydrogen-bond acceptors (Lipinski definition) is 6. The number of carboxylic acid groups (broad SMARTS) is 1. The molecule has 11 N–H and O–H groups in total. The molecular formula is C28H36N8O5. The number of carboxylic acids is 1. The van der Waals surface area contributed by atoms with Crippen LogP contribution in [0.5, 0.6) is 0 Å². The van der Waals surface area contributed by atoms with Crippen LogP contribution < -0.4 is 33.2 Å². The molecule has 0 aliphatic heterocycles. The van der Waals surface area contributed by atoms with Gasteiger partial charge in [-0.2, -0.15) is 0 Å². The van der Waals surface area contributed by atoms with E-state index >= 15 is 0 Å². The number of carbonyl (C=O) groups excluding carboxylic acids is 3. The number of H-pyrrole nitrogens is 1. The van der Waals surface area contributed by atoms with Crippen LogP contribution in [0.2, 0.25) is 0 Å². The molecule has 41 heavy (non-hydrogen) atoms.